The van der Waals surface area contributed by atoms with Gasteiger partial charge >= 0.3 is 0 Å². The second-order valence-electron chi connectivity index (χ2n) is 4.36. The Labute approximate surface area is 106 Å². The van der Waals surface area contributed by atoms with Crippen LogP contribution in [-0.4, -0.2) is 37.4 Å². The third kappa shape index (κ3) is 2.41. The predicted molar refractivity (Wildman–Crippen MR) is 65.9 cm³/mol. The van der Waals surface area contributed by atoms with Gasteiger partial charge in [-0.2, -0.15) is 0 Å². The summed E-state index contributed by atoms with van der Waals surface area (Å²) in [7, 11) is 3.11. The lowest BCUT2D eigenvalue weighted by atomic mass is 9.89. The maximum atomic E-state index is 12.0. The summed E-state index contributed by atoms with van der Waals surface area (Å²) in [6, 6.07) is 4.97. The van der Waals surface area contributed by atoms with Gasteiger partial charge in [0.2, 0.25) is 0 Å². The Bertz CT molecular complexity index is 441. The minimum absolute atomic E-state index is 0.119. The maximum Gasteiger partial charge on any atom is 0.255 e. The van der Waals surface area contributed by atoms with Crippen LogP contribution in [-0.2, 0) is 4.74 Å². The molecular weight excluding hydrogens is 234 g/mol. The van der Waals surface area contributed by atoms with Gasteiger partial charge < -0.3 is 19.9 Å². The largest absolute Gasteiger partial charge is 0.504 e. The van der Waals surface area contributed by atoms with E-state index >= 15 is 0 Å². The highest BCUT2D eigenvalue weighted by molar-refractivity contribution is 5.97. The molecule has 0 radical (unpaired) electrons. The average Bonchev–Trinajstić information content (AvgIpc) is 2.33. The van der Waals surface area contributed by atoms with Crippen LogP contribution in [0.5, 0.6) is 11.5 Å². The molecule has 0 atom stereocenters. The maximum absolute atomic E-state index is 12.0. The Balaban J connectivity index is 2.01. The molecule has 0 saturated heterocycles. The summed E-state index contributed by atoms with van der Waals surface area (Å²) in [6.07, 6.45) is 1.86. The number of carbonyl (C=O) groups excluding carboxylic acids is 1. The Hall–Kier alpha value is -1.75. The quantitative estimate of drug-likeness (QED) is 0.846. The lowest BCUT2D eigenvalue weighted by Crippen LogP contribution is -2.47. The molecule has 5 heteroatoms. The van der Waals surface area contributed by atoms with Crippen molar-refractivity contribution in [3.63, 3.8) is 0 Å². The van der Waals surface area contributed by atoms with E-state index in [2.05, 4.69) is 5.32 Å². The number of benzene rings is 1. The Morgan fingerprint density at radius 2 is 2.11 bits per heavy atom. The second kappa shape index (κ2) is 5.27. The molecule has 1 aromatic rings. The van der Waals surface area contributed by atoms with E-state index in [4.69, 9.17) is 9.47 Å². The van der Waals surface area contributed by atoms with Gasteiger partial charge in [-0.05, 0) is 25.0 Å². The zero-order valence-electron chi connectivity index (χ0n) is 10.5. The first-order valence-electron chi connectivity index (χ1n) is 5.85. The van der Waals surface area contributed by atoms with Crippen LogP contribution >= 0.6 is 0 Å². The fourth-order valence-corrected chi connectivity index (χ4v) is 2.01. The van der Waals surface area contributed by atoms with Crippen LogP contribution in [0.4, 0.5) is 0 Å². The minimum Gasteiger partial charge on any atom is -0.504 e. The van der Waals surface area contributed by atoms with Gasteiger partial charge in [0, 0.05) is 13.2 Å². The van der Waals surface area contributed by atoms with E-state index in [1.807, 2.05) is 0 Å². The summed E-state index contributed by atoms with van der Waals surface area (Å²) in [5.41, 5.74) is 0.232. The molecule has 0 heterocycles. The molecule has 5 nitrogen and oxygen atoms in total. The number of aromatic hydroxyl groups is 1. The van der Waals surface area contributed by atoms with Crippen molar-refractivity contribution >= 4 is 5.91 Å². The molecule has 1 aliphatic rings. The van der Waals surface area contributed by atoms with Crippen molar-refractivity contribution in [2.75, 3.05) is 14.2 Å². The standard InChI is InChI=1S/C13H17NO4/c1-17-9-6-8(7-9)14-13(16)10-4-3-5-11(18-2)12(10)15/h3-5,8-9,15H,6-7H2,1-2H3,(H,14,16). The van der Waals surface area contributed by atoms with Gasteiger partial charge in [-0.15, -0.1) is 0 Å². The number of phenols is 1. The third-order valence-corrected chi connectivity index (χ3v) is 3.23. The molecule has 0 aromatic heterocycles. The Morgan fingerprint density at radius 3 is 2.72 bits per heavy atom. The average molecular weight is 251 g/mol. The highest BCUT2D eigenvalue weighted by Crippen LogP contribution is 2.30. The first-order chi connectivity index (χ1) is 8.65. The smallest absolute Gasteiger partial charge is 0.255 e. The highest BCUT2D eigenvalue weighted by atomic mass is 16.5. The molecule has 0 unspecified atom stereocenters. The Kier molecular flexibility index (Phi) is 3.72. The second-order valence-corrected chi connectivity index (χ2v) is 4.36. The topological polar surface area (TPSA) is 67.8 Å². The summed E-state index contributed by atoms with van der Waals surface area (Å²) in [6.45, 7) is 0. The van der Waals surface area contributed by atoms with Gasteiger partial charge in [0.1, 0.15) is 0 Å². The number of ether oxygens (including phenoxy) is 2. The molecule has 2 rings (SSSR count). The molecular formula is C13H17NO4. The van der Waals surface area contributed by atoms with Crippen molar-refractivity contribution in [2.45, 2.75) is 25.0 Å². The van der Waals surface area contributed by atoms with E-state index in [1.54, 1.807) is 25.3 Å². The third-order valence-electron chi connectivity index (χ3n) is 3.23. The van der Waals surface area contributed by atoms with E-state index in [0.717, 1.165) is 12.8 Å². The summed E-state index contributed by atoms with van der Waals surface area (Å²) < 4.78 is 10.1. The fourth-order valence-electron chi connectivity index (χ4n) is 2.01. The molecule has 2 N–H and O–H groups in total. The van der Waals surface area contributed by atoms with Crippen LogP contribution in [0.1, 0.15) is 23.2 Å². The molecule has 98 valence electrons. The zero-order chi connectivity index (χ0) is 13.1. The number of rotatable bonds is 4. The summed E-state index contributed by atoms with van der Waals surface area (Å²) in [4.78, 5) is 12.0. The number of hydrogen-bond donors (Lipinski definition) is 2. The predicted octanol–water partition coefficient (Wildman–Crippen LogP) is 1.31. The monoisotopic (exact) mass is 251 g/mol. The molecule has 1 saturated carbocycles. The zero-order valence-corrected chi connectivity index (χ0v) is 10.5. The van der Waals surface area contributed by atoms with E-state index < -0.39 is 0 Å². The van der Waals surface area contributed by atoms with Crippen molar-refractivity contribution in [3.8, 4) is 11.5 Å². The van der Waals surface area contributed by atoms with Gasteiger partial charge in [0.15, 0.2) is 11.5 Å². The van der Waals surface area contributed by atoms with Crippen LogP contribution in [0.25, 0.3) is 0 Å². The summed E-state index contributed by atoms with van der Waals surface area (Å²) in [5.74, 6) is -0.114. The molecule has 18 heavy (non-hydrogen) atoms. The molecule has 0 aliphatic heterocycles. The molecule has 1 fully saturated rings. The van der Waals surface area contributed by atoms with Crippen LogP contribution in [0.3, 0.4) is 0 Å². The normalized spacial score (nSPS) is 22.1. The molecule has 0 spiro atoms. The molecule has 0 bridgehead atoms. The molecule has 1 aromatic carbocycles. The molecule has 1 amide bonds. The molecule has 1 aliphatic carbocycles. The number of carbonyl (C=O) groups is 1. The number of para-hydroxylation sites is 1. The fraction of sp³-hybridized carbons (Fsp3) is 0.462. The first-order valence-corrected chi connectivity index (χ1v) is 5.85. The van der Waals surface area contributed by atoms with E-state index in [1.165, 1.54) is 7.11 Å². The van der Waals surface area contributed by atoms with Crippen molar-refractivity contribution in [2.24, 2.45) is 0 Å². The van der Waals surface area contributed by atoms with E-state index in [-0.39, 0.29) is 29.4 Å². The number of phenolic OH excluding ortho intramolecular Hbond substituents is 1. The van der Waals surface area contributed by atoms with Gasteiger partial charge in [-0.25, -0.2) is 0 Å². The van der Waals surface area contributed by atoms with Gasteiger partial charge in [0.25, 0.3) is 5.91 Å². The van der Waals surface area contributed by atoms with Crippen molar-refractivity contribution < 1.29 is 19.4 Å². The van der Waals surface area contributed by atoms with Gasteiger partial charge in [-0.3, -0.25) is 4.79 Å². The number of nitrogens with one attached hydrogen (secondary N) is 1. The van der Waals surface area contributed by atoms with E-state index in [9.17, 15) is 9.90 Å². The van der Waals surface area contributed by atoms with Crippen molar-refractivity contribution in [1.82, 2.24) is 5.32 Å². The number of methoxy groups -OCH3 is 2. The van der Waals surface area contributed by atoms with Crippen LogP contribution in [0.15, 0.2) is 18.2 Å². The first kappa shape index (κ1) is 12.7. The summed E-state index contributed by atoms with van der Waals surface area (Å²) in [5, 5.41) is 12.7. The SMILES string of the molecule is COc1cccc(C(=O)NC2CC(OC)C2)c1O. The lowest BCUT2D eigenvalue weighted by molar-refractivity contribution is 0.0176. The highest BCUT2D eigenvalue weighted by Gasteiger charge is 2.30. The van der Waals surface area contributed by atoms with E-state index in [0.29, 0.717) is 5.75 Å². The number of amides is 1. The summed E-state index contributed by atoms with van der Waals surface area (Å²) >= 11 is 0. The Morgan fingerprint density at radius 1 is 1.39 bits per heavy atom. The van der Waals surface area contributed by atoms with Gasteiger partial charge in [-0.1, -0.05) is 6.07 Å². The number of hydrogen-bond acceptors (Lipinski definition) is 4. The van der Waals surface area contributed by atoms with Crippen molar-refractivity contribution in [3.05, 3.63) is 23.8 Å². The van der Waals surface area contributed by atoms with Crippen LogP contribution in [0.2, 0.25) is 0 Å². The van der Waals surface area contributed by atoms with Gasteiger partial charge in [0.05, 0.1) is 18.8 Å². The van der Waals surface area contributed by atoms with Crippen LogP contribution in [0, 0.1) is 0 Å². The van der Waals surface area contributed by atoms with Crippen molar-refractivity contribution in [1.29, 1.82) is 0 Å². The lowest BCUT2D eigenvalue weighted by Gasteiger charge is -2.34. The minimum atomic E-state index is -0.286. The van der Waals surface area contributed by atoms with Crippen LogP contribution < -0.4 is 10.1 Å².